The molecule has 2 fully saturated rings. The fraction of sp³-hybridized carbons (Fsp3) is 0.929. The fourth-order valence-electron chi connectivity index (χ4n) is 3.43. The Hall–Kier alpha value is -0.590. The molecule has 0 spiro atoms. The van der Waals surface area contributed by atoms with Crippen LogP contribution in [-0.4, -0.2) is 24.4 Å². The molecule has 1 heterocycles. The lowest BCUT2D eigenvalue weighted by Crippen LogP contribution is -2.41. The number of nitriles is 1. The molecule has 3 heteroatoms. The van der Waals surface area contributed by atoms with Crippen LogP contribution in [0.2, 0.25) is 0 Å². The van der Waals surface area contributed by atoms with E-state index in [2.05, 4.69) is 13.0 Å². The molecule has 1 saturated carbocycles. The highest BCUT2D eigenvalue weighted by Crippen LogP contribution is 2.47. The minimum atomic E-state index is -0.496. The Morgan fingerprint density at radius 1 is 1.53 bits per heavy atom. The summed E-state index contributed by atoms with van der Waals surface area (Å²) in [7, 11) is 0. The van der Waals surface area contributed by atoms with Crippen molar-refractivity contribution in [2.45, 2.75) is 51.6 Å². The highest BCUT2D eigenvalue weighted by molar-refractivity contribution is 5.09. The topological polar surface area (TPSA) is 53.2 Å². The van der Waals surface area contributed by atoms with Crippen LogP contribution < -0.4 is 0 Å². The van der Waals surface area contributed by atoms with E-state index in [1.165, 1.54) is 0 Å². The van der Waals surface area contributed by atoms with Crippen LogP contribution in [0.4, 0.5) is 0 Å². The molecule has 1 N–H and O–H groups in total. The van der Waals surface area contributed by atoms with Crippen LogP contribution in [0.25, 0.3) is 0 Å². The average molecular weight is 237 g/mol. The Morgan fingerprint density at radius 3 is 2.88 bits per heavy atom. The highest BCUT2D eigenvalue weighted by Gasteiger charge is 2.47. The fourth-order valence-corrected chi connectivity index (χ4v) is 3.43. The van der Waals surface area contributed by atoms with Gasteiger partial charge in [-0.25, -0.2) is 0 Å². The van der Waals surface area contributed by atoms with Crippen molar-refractivity contribution >= 4 is 0 Å². The van der Waals surface area contributed by atoms with Gasteiger partial charge >= 0.3 is 0 Å². The van der Waals surface area contributed by atoms with Gasteiger partial charge in [0.1, 0.15) is 0 Å². The first-order chi connectivity index (χ1) is 8.22. The lowest BCUT2D eigenvalue weighted by Gasteiger charge is -2.35. The molecule has 17 heavy (non-hydrogen) atoms. The van der Waals surface area contributed by atoms with E-state index >= 15 is 0 Å². The molecule has 96 valence electrons. The lowest BCUT2D eigenvalue weighted by atomic mass is 9.74. The first-order valence-electron chi connectivity index (χ1n) is 6.89. The van der Waals surface area contributed by atoms with Gasteiger partial charge in [0, 0.05) is 12.5 Å². The third kappa shape index (κ3) is 2.48. The van der Waals surface area contributed by atoms with Crippen LogP contribution >= 0.6 is 0 Å². The molecule has 4 unspecified atom stereocenters. The molecule has 0 bridgehead atoms. The summed E-state index contributed by atoms with van der Waals surface area (Å²) in [6, 6.07) is 2.43. The molecule has 0 aromatic rings. The second kappa shape index (κ2) is 5.37. The Kier molecular flexibility index (Phi) is 4.06. The molecule has 0 amide bonds. The van der Waals surface area contributed by atoms with Gasteiger partial charge < -0.3 is 9.84 Å². The summed E-state index contributed by atoms with van der Waals surface area (Å²) in [5.74, 6) is 0.785. The van der Waals surface area contributed by atoms with Crippen molar-refractivity contribution in [1.82, 2.24) is 0 Å². The van der Waals surface area contributed by atoms with Crippen molar-refractivity contribution < 1.29 is 9.84 Å². The highest BCUT2D eigenvalue weighted by atomic mass is 16.5. The van der Waals surface area contributed by atoms with E-state index in [4.69, 9.17) is 4.74 Å². The summed E-state index contributed by atoms with van der Waals surface area (Å²) >= 11 is 0. The van der Waals surface area contributed by atoms with Gasteiger partial charge in [0.15, 0.2) is 0 Å². The van der Waals surface area contributed by atoms with Crippen molar-refractivity contribution in [3.63, 3.8) is 0 Å². The predicted octanol–water partition coefficient (Wildman–Crippen LogP) is 2.49. The molecular weight excluding hydrogens is 214 g/mol. The van der Waals surface area contributed by atoms with Crippen molar-refractivity contribution in [1.29, 1.82) is 5.26 Å². The summed E-state index contributed by atoms with van der Waals surface area (Å²) < 4.78 is 5.44. The maximum atomic E-state index is 10.5. The average Bonchev–Trinajstić information content (AvgIpc) is 2.84. The van der Waals surface area contributed by atoms with E-state index in [0.29, 0.717) is 12.5 Å². The normalized spacial score (nSPS) is 39.8. The zero-order valence-electron chi connectivity index (χ0n) is 10.7. The van der Waals surface area contributed by atoms with Crippen LogP contribution in [0.1, 0.15) is 45.4 Å². The Balaban J connectivity index is 2.05. The van der Waals surface area contributed by atoms with Crippen molar-refractivity contribution in [3.8, 4) is 6.07 Å². The lowest BCUT2D eigenvalue weighted by molar-refractivity contribution is -0.0516. The Bertz CT molecular complexity index is 293. The van der Waals surface area contributed by atoms with Crippen molar-refractivity contribution in [2.75, 3.05) is 13.2 Å². The summed E-state index contributed by atoms with van der Waals surface area (Å²) in [5.41, 5.74) is -0.494. The number of hydrogen-bond donors (Lipinski definition) is 1. The molecule has 0 aromatic carbocycles. The summed E-state index contributed by atoms with van der Waals surface area (Å²) in [6.07, 6.45) is 5.47. The zero-order chi connectivity index (χ0) is 12.3. The zero-order valence-corrected chi connectivity index (χ0v) is 10.7. The summed E-state index contributed by atoms with van der Waals surface area (Å²) in [4.78, 5) is 0. The molecule has 2 aliphatic rings. The van der Waals surface area contributed by atoms with E-state index < -0.39 is 11.5 Å². The Labute approximate surface area is 104 Å². The van der Waals surface area contributed by atoms with Crippen LogP contribution in [-0.2, 0) is 4.74 Å². The second-order valence-corrected chi connectivity index (χ2v) is 5.71. The minimum Gasteiger partial charge on any atom is -0.391 e. The molecule has 1 aliphatic heterocycles. The standard InChI is InChI=1S/C14H23NO2/c1-2-11-5-6-14(8-11,10-15)13(16)12-4-3-7-17-9-12/h11-13,16H,2-9H2,1H3. The maximum absolute atomic E-state index is 10.5. The van der Waals surface area contributed by atoms with Crippen LogP contribution in [0.3, 0.4) is 0 Å². The number of nitrogens with zero attached hydrogens (tertiary/aromatic N) is 1. The van der Waals surface area contributed by atoms with Gasteiger partial charge in [-0.15, -0.1) is 0 Å². The van der Waals surface area contributed by atoms with Gasteiger partial charge in [0.25, 0.3) is 0 Å². The summed E-state index contributed by atoms with van der Waals surface area (Å²) in [6.45, 7) is 3.61. The molecule has 4 atom stereocenters. The van der Waals surface area contributed by atoms with Gasteiger partial charge in [0.2, 0.25) is 0 Å². The first-order valence-corrected chi connectivity index (χ1v) is 6.89. The molecule has 1 aliphatic carbocycles. The first kappa shape index (κ1) is 12.9. The van der Waals surface area contributed by atoms with Gasteiger partial charge in [-0.1, -0.05) is 13.3 Å². The monoisotopic (exact) mass is 237 g/mol. The van der Waals surface area contributed by atoms with E-state index in [1.807, 2.05) is 0 Å². The number of aliphatic hydroxyl groups is 1. The molecule has 1 saturated heterocycles. The molecule has 3 nitrogen and oxygen atoms in total. The number of ether oxygens (including phenoxy) is 1. The van der Waals surface area contributed by atoms with Gasteiger partial charge in [-0.05, 0) is 38.0 Å². The number of hydrogen-bond acceptors (Lipinski definition) is 3. The van der Waals surface area contributed by atoms with Crippen LogP contribution in [0.15, 0.2) is 0 Å². The third-order valence-corrected chi connectivity index (χ3v) is 4.66. The predicted molar refractivity (Wildman–Crippen MR) is 65.2 cm³/mol. The van der Waals surface area contributed by atoms with E-state index in [1.54, 1.807) is 0 Å². The molecular formula is C14H23NO2. The van der Waals surface area contributed by atoms with Crippen LogP contribution in [0.5, 0.6) is 0 Å². The van der Waals surface area contributed by atoms with Crippen LogP contribution in [0, 0.1) is 28.6 Å². The van der Waals surface area contributed by atoms with Gasteiger partial charge in [0.05, 0.1) is 24.2 Å². The van der Waals surface area contributed by atoms with E-state index in [9.17, 15) is 10.4 Å². The van der Waals surface area contributed by atoms with E-state index in [-0.39, 0.29) is 5.92 Å². The second-order valence-electron chi connectivity index (χ2n) is 5.71. The van der Waals surface area contributed by atoms with Crippen molar-refractivity contribution in [3.05, 3.63) is 0 Å². The van der Waals surface area contributed by atoms with Gasteiger partial charge in [-0.3, -0.25) is 0 Å². The molecule has 2 rings (SSSR count). The third-order valence-electron chi connectivity index (χ3n) is 4.66. The smallest absolute Gasteiger partial charge is 0.0838 e. The molecule has 0 aromatic heterocycles. The SMILES string of the molecule is CCC1CCC(C#N)(C(O)C2CCCOC2)C1. The van der Waals surface area contributed by atoms with E-state index in [0.717, 1.165) is 45.1 Å². The number of rotatable bonds is 3. The summed E-state index contributed by atoms with van der Waals surface area (Å²) in [5, 5.41) is 20.0. The quantitative estimate of drug-likeness (QED) is 0.820. The van der Waals surface area contributed by atoms with Crippen molar-refractivity contribution in [2.24, 2.45) is 17.3 Å². The van der Waals surface area contributed by atoms with Gasteiger partial charge in [-0.2, -0.15) is 5.26 Å². The largest absolute Gasteiger partial charge is 0.391 e. The number of aliphatic hydroxyl groups excluding tert-OH is 1. The maximum Gasteiger partial charge on any atom is 0.0838 e. The molecule has 0 radical (unpaired) electrons. The minimum absolute atomic E-state index is 0.166. The Morgan fingerprint density at radius 2 is 2.35 bits per heavy atom.